The lowest BCUT2D eigenvalue weighted by Gasteiger charge is -2.14. The summed E-state index contributed by atoms with van der Waals surface area (Å²) in [6, 6.07) is 7.47. The van der Waals surface area contributed by atoms with Crippen molar-refractivity contribution in [3.63, 3.8) is 0 Å². The molecule has 0 saturated carbocycles. The van der Waals surface area contributed by atoms with Crippen molar-refractivity contribution in [1.82, 2.24) is 20.6 Å². The van der Waals surface area contributed by atoms with Crippen LogP contribution in [0.1, 0.15) is 41.3 Å². The molecule has 0 fully saturated rings. The van der Waals surface area contributed by atoms with Gasteiger partial charge in [-0.2, -0.15) is 0 Å². The van der Waals surface area contributed by atoms with Crippen molar-refractivity contribution in [1.29, 1.82) is 0 Å². The number of nitrogens with one attached hydrogen (secondary N) is 3. The third-order valence-corrected chi connectivity index (χ3v) is 4.50. The second kappa shape index (κ2) is 10.9. The first-order valence-electron chi connectivity index (χ1n) is 9.94. The van der Waals surface area contributed by atoms with Crippen molar-refractivity contribution in [3.8, 4) is 0 Å². The van der Waals surface area contributed by atoms with E-state index >= 15 is 0 Å². The summed E-state index contributed by atoms with van der Waals surface area (Å²) >= 11 is 0. The van der Waals surface area contributed by atoms with Crippen LogP contribution in [0.3, 0.4) is 0 Å². The van der Waals surface area contributed by atoms with Crippen molar-refractivity contribution >= 4 is 29.4 Å². The molecule has 10 heteroatoms. The molecule has 0 spiro atoms. The van der Waals surface area contributed by atoms with Gasteiger partial charge >= 0.3 is 6.09 Å². The zero-order chi connectivity index (χ0) is 23.0. The Morgan fingerprint density at radius 2 is 1.97 bits per heavy atom. The van der Waals surface area contributed by atoms with Crippen LogP contribution in [0.2, 0.25) is 0 Å². The first-order chi connectivity index (χ1) is 14.7. The number of aryl methyl sites for hydroxylation is 2. The molecule has 5 N–H and O–H groups in total. The molecule has 2 rings (SSSR count). The van der Waals surface area contributed by atoms with E-state index in [-0.39, 0.29) is 11.6 Å². The number of anilines is 2. The molecule has 0 bridgehead atoms. The lowest BCUT2D eigenvalue weighted by molar-refractivity contribution is -0.128. The number of hydrogen-bond donors (Lipinski definition) is 4. The maximum absolute atomic E-state index is 12.0. The van der Waals surface area contributed by atoms with Gasteiger partial charge in [-0.05, 0) is 44.4 Å². The van der Waals surface area contributed by atoms with Gasteiger partial charge in [0.15, 0.2) is 17.6 Å². The number of benzene rings is 1. The Labute approximate surface area is 181 Å². The van der Waals surface area contributed by atoms with Crippen LogP contribution in [0.15, 0.2) is 24.3 Å². The Hall–Kier alpha value is -3.69. The first-order valence-corrected chi connectivity index (χ1v) is 9.94. The standard InChI is InChI=1S/C21H28N6O4/c1-5-16-12(2)25-19(17(27-16)18(22)28)26-15-8-6-7-14(11-15)9-10-24-20(29)13(3)31-21(30)23-4/h6-8,11,13H,5,9-10H2,1-4H3,(H2,22,28)(H,23,30)(H,24,29)(H,25,26). The number of hydrogen-bond acceptors (Lipinski definition) is 7. The second-order valence-corrected chi connectivity index (χ2v) is 6.83. The monoisotopic (exact) mass is 428 g/mol. The minimum atomic E-state index is -0.895. The largest absolute Gasteiger partial charge is 0.436 e. The van der Waals surface area contributed by atoms with Crippen molar-refractivity contribution in [2.45, 2.75) is 39.7 Å². The number of alkyl carbamates (subject to hydrolysis) is 1. The van der Waals surface area contributed by atoms with Gasteiger partial charge in [0.1, 0.15) is 0 Å². The highest BCUT2D eigenvalue weighted by molar-refractivity contribution is 5.96. The molecule has 1 atom stereocenters. The van der Waals surface area contributed by atoms with Crippen LogP contribution in [-0.4, -0.2) is 47.6 Å². The number of carbonyl (C=O) groups is 3. The Morgan fingerprint density at radius 3 is 2.61 bits per heavy atom. The summed E-state index contributed by atoms with van der Waals surface area (Å²) in [6.07, 6.45) is -0.362. The molecule has 0 radical (unpaired) electrons. The first kappa shape index (κ1) is 23.6. The Morgan fingerprint density at radius 1 is 1.23 bits per heavy atom. The van der Waals surface area contributed by atoms with E-state index in [1.54, 1.807) is 0 Å². The van der Waals surface area contributed by atoms with Crippen molar-refractivity contribution in [2.24, 2.45) is 5.73 Å². The molecule has 0 aliphatic rings. The maximum atomic E-state index is 12.0. The van der Waals surface area contributed by atoms with Gasteiger partial charge < -0.3 is 26.4 Å². The third-order valence-electron chi connectivity index (χ3n) is 4.50. The van der Waals surface area contributed by atoms with E-state index in [0.29, 0.717) is 30.9 Å². The SMILES string of the molecule is CCc1nc(C(N)=O)c(Nc2cccc(CCNC(=O)C(C)OC(=O)NC)c2)nc1C. The molecular weight excluding hydrogens is 400 g/mol. The highest BCUT2D eigenvalue weighted by Gasteiger charge is 2.17. The zero-order valence-corrected chi connectivity index (χ0v) is 18.1. The van der Waals surface area contributed by atoms with Gasteiger partial charge in [0.2, 0.25) is 0 Å². The Balaban J connectivity index is 2.03. The van der Waals surface area contributed by atoms with Crippen LogP contribution in [0.4, 0.5) is 16.3 Å². The summed E-state index contributed by atoms with van der Waals surface area (Å²) in [5, 5.41) is 8.12. The molecule has 0 saturated heterocycles. The highest BCUT2D eigenvalue weighted by Crippen LogP contribution is 2.20. The van der Waals surface area contributed by atoms with Crippen LogP contribution in [0.25, 0.3) is 0 Å². The summed E-state index contributed by atoms with van der Waals surface area (Å²) in [5.74, 6) is -0.741. The molecule has 1 heterocycles. The molecule has 0 aliphatic heterocycles. The molecule has 10 nitrogen and oxygen atoms in total. The summed E-state index contributed by atoms with van der Waals surface area (Å²) in [6.45, 7) is 5.62. The minimum Gasteiger partial charge on any atom is -0.436 e. The molecule has 2 aromatic rings. The number of nitrogens with zero attached hydrogens (tertiary/aromatic N) is 2. The Kier molecular flexibility index (Phi) is 8.30. The van der Waals surface area contributed by atoms with Crippen LogP contribution < -0.4 is 21.7 Å². The van der Waals surface area contributed by atoms with Gasteiger partial charge in [0.05, 0.1) is 11.4 Å². The van der Waals surface area contributed by atoms with Crippen LogP contribution in [0, 0.1) is 6.92 Å². The number of nitrogens with two attached hydrogens (primary N) is 1. The normalized spacial score (nSPS) is 11.4. The maximum Gasteiger partial charge on any atom is 0.407 e. The lowest BCUT2D eigenvalue weighted by atomic mass is 10.1. The van der Waals surface area contributed by atoms with E-state index < -0.39 is 18.1 Å². The average Bonchev–Trinajstić information content (AvgIpc) is 2.73. The van der Waals surface area contributed by atoms with E-state index in [0.717, 1.165) is 17.0 Å². The fourth-order valence-corrected chi connectivity index (χ4v) is 2.84. The Bertz CT molecular complexity index is 963. The van der Waals surface area contributed by atoms with E-state index in [1.807, 2.05) is 38.1 Å². The van der Waals surface area contributed by atoms with Crippen LogP contribution in [0.5, 0.6) is 0 Å². The number of aromatic nitrogens is 2. The fraction of sp³-hybridized carbons (Fsp3) is 0.381. The van der Waals surface area contributed by atoms with Gasteiger partial charge in [-0.15, -0.1) is 0 Å². The smallest absolute Gasteiger partial charge is 0.407 e. The van der Waals surface area contributed by atoms with Gasteiger partial charge in [-0.3, -0.25) is 9.59 Å². The summed E-state index contributed by atoms with van der Waals surface area (Å²) in [7, 11) is 1.42. The van der Waals surface area contributed by atoms with Crippen molar-refractivity contribution < 1.29 is 19.1 Å². The molecule has 0 aliphatic carbocycles. The molecular formula is C21H28N6O4. The van der Waals surface area contributed by atoms with E-state index in [2.05, 4.69) is 25.9 Å². The second-order valence-electron chi connectivity index (χ2n) is 6.83. The van der Waals surface area contributed by atoms with Gasteiger partial charge in [0.25, 0.3) is 11.8 Å². The van der Waals surface area contributed by atoms with Crippen molar-refractivity contribution in [2.75, 3.05) is 18.9 Å². The molecule has 3 amide bonds. The average molecular weight is 428 g/mol. The number of amides is 3. The van der Waals surface area contributed by atoms with Gasteiger partial charge in [-0.1, -0.05) is 19.1 Å². The molecule has 1 unspecified atom stereocenters. The third kappa shape index (κ3) is 6.66. The van der Waals surface area contributed by atoms with E-state index in [1.165, 1.54) is 14.0 Å². The van der Waals surface area contributed by atoms with Gasteiger partial charge in [-0.25, -0.2) is 14.8 Å². The topological polar surface area (TPSA) is 148 Å². The van der Waals surface area contributed by atoms with Crippen LogP contribution >= 0.6 is 0 Å². The number of primary amides is 1. The van der Waals surface area contributed by atoms with E-state index in [4.69, 9.17) is 10.5 Å². The summed E-state index contributed by atoms with van der Waals surface area (Å²) in [4.78, 5) is 43.8. The number of carbonyl (C=O) groups excluding carboxylic acids is 3. The van der Waals surface area contributed by atoms with Gasteiger partial charge in [0, 0.05) is 19.3 Å². The van der Waals surface area contributed by atoms with E-state index in [9.17, 15) is 14.4 Å². The predicted octanol–water partition coefficient (Wildman–Crippen LogP) is 1.59. The highest BCUT2D eigenvalue weighted by atomic mass is 16.6. The molecule has 31 heavy (non-hydrogen) atoms. The number of rotatable bonds is 9. The predicted molar refractivity (Wildman–Crippen MR) is 116 cm³/mol. The molecule has 1 aromatic heterocycles. The fourth-order valence-electron chi connectivity index (χ4n) is 2.84. The molecule has 1 aromatic carbocycles. The van der Waals surface area contributed by atoms with Crippen LogP contribution in [-0.2, 0) is 22.4 Å². The number of ether oxygens (including phenoxy) is 1. The molecule has 166 valence electrons. The summed E-state index contributed by atoms with van der Waals surface area (Å²) < 4.78 is 4.88. The zero-order valence-electron chi connectivity index (χ0n) is 18.1. The minimum absolute atomic E-state index is 0.0882. The quantitative estimate of drug-likeness (QED) is 0.474. The summed E-state index contributed by atoms with van der Waals surface area (Å²) in [5.41, 5.74) is 8.66. The van der Waals surface area contributed by atoms with Crippen molar-refractivity contribution in [3.05, 3.63) is 46.9 Å². The lowest BCUT2D eigenvalue weighted by Crippen LogP contribution is -2.38.